The van der Waals surface area contributed by atoms with Gasteiger partial charge in [0.25, 0.3) is 5.91 Å². The Hall–Kier alpha value is -1.84. The van der Waals surface area contributed by atoms with Crippen LogP contribution in [0.15, 0.2) is 24.3 Å². The molecule has 0 spiro atoms. The fraction of sp³-hybridized carbons (Fsp3) is 0.429. The Morgan fingerprint density at radius 2 is 2.06 bits per heavy atom. The Balaban J connectivity index is 2.02. The molecule has 1 aromatic rings. The maximum Gasteiger partial charge on any atom is 0.254 e. The van der Waals surface area contributed by atoms with Crippen LogP contribution in [-0.2, 0) is 11.2 Å². The number of carbonyl (C=O) groups excluding carboxylic acids is 2. The van der Waals surface area contributed by atoms with E-state index in [1.807, 2.05) is 24.3 Å². The van der Waals surface area contributed by atoms with Gasteiger partial charge in [0, 0.05) is 39.2 Å². The van der Waals surface area contributed by atoms with E-state index in [1.54, 1.807) is 23.9 Å². The van der Waals surface area contributed by atoms with Gasteiger partial charge in [-0.25, -0.2) is 0 Å². The van der Waals surface area contributed by atoms with Gasteiger partial charge in [0.05, 0.1) is 0 Å². The molecule has 0 aliphatic carbocycles. The van der Waals surface area contributed by atoms with Gasteiger partial charge in [0.15, 0.2) is 0 Å². The summed E-state index contributed by atoms with van der Waals surface area (Å²) in [6, 6.07) is 7.69. The number of hydrogen-bond acceptors (Lipinski definition) is 2. The van der Waals surface area contributed by atoms with E-state index in [-0.39, 0.29) is 11.8 Å². The van der Waals surface area contributed by atoms with E-state index >= 15 is 0 Å². The molecule has 0 fully saturated rings. The molecule has 2 amide bonds. The lowest BCUT2D eigenvalue weighted by atomic mass is 9.99. The summed E-state index contributed by atoms with van der Waals surface area (Å²) in [6.07, 6.45) is 1.26. The third-order valence-corrected chi connectivity index (χ3v) is 3.28. The molecule has 0 radical (unpaired) electrons. The van der Waals surface area contributed by atoms with E-state index in [1.165, 1.54) is 0 Å². The fourth-order valence-electron chi connectivity index (χ4n) is 2.14. The lowest BCUT2D eigenvalue weighted by molar-refractivity contribution is -0.128. The molecule has 0 unspecified atom stereocenters. The Morgan fingerprint density at radius 1 is 1.33 bits per heavy atom. The quantitative estimate of drug-likeness (QED) is 0.803. The number of nitrogens with zero attached hydrogens (tertiary/aromatic N) is 2. The first kappa shape index (κ1) is 12.6. The standard InChI is InChI=1S/C14H18N2O2/c1-15(2)13(17)8-10-16-9-7-11-5-3-4-6-12(11)14(16)18/h3-6H,7-10H2,1-2H3. The molecule has 1 aromatic carbocycles. The van der Waals surface area contributed by atoms with Gasteiger partial charge in [-0.1, -0.05) is 18.2 Å². The Bertz CT molecular complexity index is 469. The third kappa shape index (κ3) is 2.53. The first-order chi connectivity index (χ1) is 8.59. The molecule has 96 valence electrons. The zero-order valence-electron chi connectivity index (χ0n) is 10.8. The van der Waals surface area contributed by atoms with Gasteiger partial charge in [-0.15, -0.1) is 0 Å². The third-order valence-electron chi connectivity index (χ3n) is 3.28. The van der Waals surface area contributed by atoms with Crippen LogP contribution in [-0.4, -0.2) is 48.8 Å². The zero-order chi connectivity index (χ0) is 13.1. The highest BCUT2D eigenvalue weighted by molar-refractivity contribution is 5.96. The number of rotatable bonds is 3. The summed E-state index contributed by atoms with van der Waals surface area (Å²) in [7, 11) is 3.46. The minimum absolute atomic E-state index is 0.0448. The molecular weight excluding hydrogens is 228 g/mol. The van der Waals surface area contributed by atoms with Gasteiger partial charge in [-0.3, -0.25) is 9.59 Å². The minimum atomic E-state index is 0.0448. The van der Waals surface area contributed by atoms with Crippen LogP contribution in [0.1, 0.15) is 22.3 Å². The molecule has 4 heteroatoms. The zero-order valence-corrected chi connectivity index (χ0v) is 10.8. The monoisotopic (exact) mass is 246 g/mol. The van der Waals surface area contributed by atoms with Crippen LogP contribution in [0.5, 0.6) is 0 Å². The highest BCUT2D eigenvalue weighted by atomic mass is 16.2. The summed E-state index contributed by atoms with van der Waals surface area (Å²) >= 11 is 0. The van der Waals surface area contributed by atoms with Crippen molar-refractivity contribution in [3.63, 3.8) is 0 Å². The second-order valence-corrected chi connectivity index (χ2v) is 4.74. The molecule has 0 aromatic heterocycles. The normalized spacial score (nSPS) is 14.3. The van der Waals surface area contributed by atoms with E-state index in [9.17, 15) is 9.59 Å². The van der Waals surface area contributed by atoms with Crippen LogP contribution in [0.2, 0.25) is 0 Å². The summed E-state index contributed by atoms with van der Waals surface area (Å²) in [5.41, 5.74) is 1.89. The maximum atomic E-state index is 12.2. The molecular formula is C14H18N2O2. The van der Waals surface area contributed by atoms with Gasteiger partial charge >= 0.3 is 0 Å². The van der Waals surface area contributed by atoms with Crippen LogP contribution < -0.4 is 0 Å². The molecule has 1 aliphatic rings. The van der Waals surface area contributed by atoms with Gasteiger partial charge in [0.1, 0.15) is 0 Å². The van der Waals surface area contributed by atoms with Gasteiger partial charge in [0.2, 0.25) is 5.91 Å². The highest BCUT2D eigenvalue weighted by Gasteiger charge is 2.23. The van der Waals surface area contributed by atoms with Gasteiger partial charge in [-0.2, -0.15) is 0 Å². The number of fused-ring (bicyclic) bond motifs is 1. The van der Waals surface area contributed by atoms with Crippen molar-refractivity contribution in [2.75, 3.05) is 27.2 Å². The van der Waals surface area contributed by atoms with Gasteiger partial charge < -0.3 is 9.80 Å². The largest absolute Gasteiger partial charge is 0.349 e. The lowest BCUT2D eigenvalue weighted by Crippen LogP contribution is -2.39. The van der Waals surface area contributed by atoms with Crippen LogP contribution >= 0.6 is 0 Å². The predicted molar refractivity (Wildman–Crippen MR) is 69.4 cm³/mol. The Labute approximate surface area is 107 Å². The van der Waals surface area contributed by atoms with Crippen molar-refractivity contribution < 1.29 is 9.59 Å². The fourth-order valence-corrected chi connectivity index (χ4v) is 2.14. The average Bonchev–Trinajstić information content (AvgIpc) is 2.38. The molecule has 4 nitrogen and oxygen atoms in total. The van der Waals surface area contributed by atoms with E-state index in [4.69, 9.17) is 0 Å². The minimum Gasteiger partial charge on any atom is -0.349 e. The summed E-state index contributed by atoms with van der Waals surface area (Å²) in [5.74, 6) is 0.102. The molecule has 0 saturated carbocycles. The van der Waals surface area contributed by atoms with Crippen LogP contribution in [0.25, 0.3) is 0 Å². The molecule has 0 atom stereocenters. The van der Waals surface area contributed by atoms with Crippen molar-refractivity contribution in [1.29, 1.82) is 0 Å². The summed E-state index contributed by atoms with van der Waals surface area (Å²) in [4.78, 5) is 27.1. The second-order valence-electron chi connectivity index (χ2n) is 4.74. The smallest absolute Gasteiger partial charge is 0.254 e. The van der Waals surface area contributed by atoms with Crippen molar-refractivity contribution in [2.45, 2.75) is 12.8 Å². The molecule has 2 rings (SSSR count). The Morgan fingerprint density at radius 3 is 2.78 bits per heavy atom. The summed E-state index contributed by atoms with van der Waals surface area (Å²) in [5, 5.41) is 0. The average molecular weight is 246 g/mol. The van der Waals surface area contributed by atoms with E-state index in [0.717, 1.165) is 17.5 Å². The first-order valence-electron chi connectivity index (χ1n) is 6.17. The molecule has 18 heavy (non-hydrogen) atoms. The summed E-state index contributed by atoms with van der Waals surface area (Å²) in [6.45, 7) is 1.21. The van der Waals surface area contributed by atoms with E-state index in [0.29, 0.717) is 19.5 Å². The lowest BCUT2D eigenvalue weighted by Gasteiger charge is -2.28. The summed E-state index contributed by atoms with van der Waals surface area (Å²) < 4.78 is 0. The van der Waals surface area contributed by atoms with Crippen molar-refractivity contribution in [3.8, 4) is 0 Å². The number of amides is 2. The van der Waals surface area contributed by atoms with E-state index in [2.05, 4.69) is 0 Å². The van der Waals surface area contributed by atoms with Crippen LogP contribution in [0.3, 0.4) is 0 Å². The second kappa shape index (κ2) is 5.21. The highest BCUT2D eigenvalue weighted by Crippen LogP contribution is 2.18. The van der Waals surface area contributed by atoms with E-state index < -0.39 is 0 Å². The number of hydrogen-bond donors (Lipinski definition) is 0. The number of benzene rings is 1. The van der Waals surface area contributed by atoms with Crippen LogP contribution in [0.4, 0.5) is 0 Å². The molecule has 0 N–H and O–H groups in total. The van der Waals surface area contributed by atoms with Crippen molar-refractivity contribution in [3.05, 3.63) is 35.4 Å². The van der Waals surface area contributed by atoms with Gasteiger partial charge in [-0.05, 0) is 18.1 Å². The topological polar surface area (TPSA) is 40.6 Å². The predicted octanol–water partition coefficient (Wildman–Crippen LogP) is 1.16. The maximum absolute atomic E-state index is 12.2. The van der Waals surface area contributed by atoms with Crippen LogP contribution in [0, 0.1) is 0 Å². The van der Waals surface area contributed by atoms with Crippen molar-refractivity contribution >= 4 is 11.8 Å². The Kier molecular flexibility index (Phi) is 3.65. The SMILES string of the molecule is CN(C)C(=O)CCN1CCc2ccccc2C1=O. The molecule has 1 heterocycles. The first-order valence-corrected chi connectivity index (χ1v) is 6.17. The molecule has 0 saturated heterocycles. The number of carbonyl (C=O) groups is 2. The van der Waals surface area contributed by atoms with Crippen molar-refractivity contribution in [1.82, 2.24) is 9.80 Å². The molecule has 0 bridgehead atoms. The molecule has 1 aliphatic heterocycles. The van der Waals surface area contributed by atoms with Crippen molar-refractivity contribution in [2.24, 2.45) is 0 Å².